The summed E-state index contributed by atoms with van der Waals surface area (Å²) in [5.74, 6) is 0.440. The summed E-state index contributed by atoms with van der Waals surface area (Å²) in [4.78, 5) is 25.6. The average molecular weight is 455 g/mol. The molecule has 3 rings (SSSR count). The lowest BCUT2D eigenvalue weighted by molar-refractivity contribution is -0.142. The smallest absolute Gasteiger partial charge is 0.308 e. The van der Waals surface area contributed by atoms with E-state index in [0.29, 0.717) is 29.3 Å². The van der Waals surface area contributed by atoms with E-state index in [-0.39, 0.29) is 24.2 Å². The van der Waals surface area contributed by atoms with E-state index in [1.54, 1.807) is 35.6 Å². The van der Waals surface area contributed by atoms with Gasteiger partial charge in [-0.05, 0) is 48.3 Å². The number of ketones is 1. The number of fused-ring (bicyclic) bond motifs is 1. The SMILES string of the molecule is COc1cccc(C(=O)COC(=O)CCNc2sc3c(c2C#N)CCC(C(C)(C)C)C3)c1. The van der Waals surface area contributed by atoms with Gasteiger partial charge in [-0.25, -0.2) is 0 Å². The van der Waals surface area contributed by atoms with Crippen LogP contribution in [0.4, 0.5) is 5.00 Å². The Hall–Kier alpha value is -2.85. The predicted molar refractivity (Wildman–Crippen MR) is 125 cm³/mol. The van der Waals surface area contributed by atoms with E-state index in [9.17, 15) is 14.9 Å². The van der Waals surface area contributed by atoms with Crippen molar-refractivity contribution in [1.29, 1.82) is 5.26 Å². The first-order chi connectivity index (χ1) is 15.2. The molecule has 0 bridgehead atoms. The van der Waals surface area contributed by atoms with Crippen LogP contribution in [0.1, 0.15) is 60.0 Å². The number of nitrogens with zero attached hydrogens (tertiary/aromatic N) is 1. The van der Waals surface area contributed by atoms with Crippen molar-refractivity contribution in [3.05, 3.63) is 45.8 Å². The van der Waals surface area contributed by atoms with Crippen LogP contribution in [0.5, 0.6) is 5.75 Å². The Balaban J connectivity index is 1.51. The molecular formula is C25H30N2O4S. The van der Waals surface area contributed by atoms with Crippen LogP contribution >= 0.6 is 11.3 Å². The van der Waals surface area contributed by atoms with E-state index in [4.69, 9.17) is 9.47 Å². The number of rotatable bonds is 8. The molecule has 0 radical (unpaired) electrons. The highest BCUT2D eigenvalue weighted by atomic mass is 32.1. The van der Waals surface area contributed by atoms with Crippen LogP contribution in [0.3, 0.4) is 0 Å². The van der Waals surface area contributed by atoms with E-state index >= 15 is 0 Å². The van der Waals surface area contributed by atoms with E-state index in [1.165, 1.54) is 12.0 Å². The molecule has 32 heavy (non-hydrogen) atoms. The highest BCUT2D eigenvalue weighted by Gasteiger charge is 2.32. The maximum absolute atomic E-state index is 12.2. The quantitative estimate of drug-likeness (QED) is 0.446. The highest BCUT2D eigenvalue weighted by molar-refractivity contribution is 7.16. The lowest BCUT2D eigenvalue weighted by Crippen LogP contribution is -2.26. The van der Waals surface area contributed by atoms with Crippen molar-refractivity contribution in [2.45, 2.75) is 46.5 Å². The third kappa shape index (κ3) is 5.68. The summed E-state index contributed by atoms with van der Waals surface area (Å²) >= 11 is 1.63. The largest absolute Gasteiger partial charge is 0.497 e. The molecular weight excluding hydrogens is 424 g/mol. The molecule has 1 aliphatic carbocycles. The first-order valence-corrected chi connectivity index (χ1v) is 11.7. The Morgan fingerprint density at radius 3 is 2.78 bits per heavy atom. The molecule has 0 saturated heterocycles. The number of benzene rings is 1. The Kier molecular flexibility index (Phi) is 7.57. The van der Waals surface area contributed by atoms with Gasteiger partial charge in [0.15, 0.2) is 12.4 Å². The third-order valence-corrected chi connectivity index (χ3v) is 7.18. The molecule has 170 valence electrons. The van der Waals surface area contributed by atoms with Crippen LogP contribution in [0, 0.1) is 22.7 Å². The fraction of sp³-hybridized carbons (Fsp3) is 0.480. The van der Waals surface area contributed by atoms with E-state index in [1.807, 2.05) is 0 Å². The highest BCUT2D eigenvalue weighted by Crippen LogP contribution is 2.43. The Morgan fingerprint density at radius 2 is 2.09 bits per heavy atom. The van der Waals surface area contributed by atoms with E-state index in [0.717, 1.165) is 29.8 Å². The second-order valence-corrected chi connectivity index (χ2v) is 10.2. The number of ether oxygens (including phenoxy) is 2. The Bertz CT molecular complexity index is 1030. The van der Waals surface area contributed by atoms with Crippen LogP contribution in [0.15, 0.2) is 24.3 Å². The number of methoxy groups -OCH3 is 1. The van der Waals surface area contributed by atoms with Gasteiger partial charge in [-0.1, -0.05) is 32.9 Å². The summed E-state index contributed by atoms with van der Waals surface area (Å²) in [5.41, 5.74) is 2.55. The van der Waals surface area contributed by atoms with Gasteiger partial charge in [0.05, 0.1) is 19.1 Å². The Labute approximate surface area is 193 Å². The summed E-state index contributed by atoms with van der Waals surface area (Å²) in [5, 5.41) is 13.7. The van der Waals surface area contributed by atoms with Crippen molar-refractivity contribution in [3.8, 4) is 11.8 Å². The van der Waals surface area contributed by atoms with Gasteiger partial charge in [-0.15, -0.1) is 11.3 Å². The van der Waals surface area contributed by atoms with Crippen molar-refractivity contribution < 1.29 is 19.1 Å². The summed E-state index contributed by atoms with van der Waals surface area (Å²) in [6.07, 6.45) is 3.12. The van der Waals surface area contributed by atoms with Crippen LogP contribution in [-0.4, -0.2) is 32.0 Å². The number of thiophene rings is 1. The van der Waals surface area contributed by atoms with E-state index < -0.39 is 5.97 Å². The third-order valence-electron chi connectivity index (χ3n) is 5.97. The van der Waals surface area contributed by atoms with Gasteiger partial charge in [0.1, 0.15) is 16.8 Å². The number of Topliss-reactive ketones (excluding diaryl/α,β-unsaturated/α-hetero) is 1. The maximum Gasteiger partial charge on any atom is 0.308 e. The number of esters is 1. The molecule has 1 aromatic carbocycles. The number of anilines is 1. The molecule has 1 unspecified atom stereocenters. The van der Waals surface area contributed by atoms with Crippen LogP contribution in [0.25, 0.3) is 0 Å². The zero-order chi connectivity index (χ0) is 23.3. The predicted octanol–water partition coefficient (Wildman–Crippen LogP) is 5.01. The minimum Gasteiger partial charge on any atom is -0.497 e. The van der Waals surface area contributed by atoms with Gasteiger partial charge in [-0.2, -0.15) is 5.26 Å². The second-order valence-electron chi connectivity index (χ2n) is 9.12. The number of hydrogen-bond acceptors (Lipinski definition) is 7. The van der Waals surface area contributed by atoms with Gasteiger partial charge < -0.3 is 14.8 Å². The molecule has 0 spiro atoms. The first kappa shape index (κ1) is 23.8. The first-order valence-electron chi connectivity index (χ1n) is 10.8. The van der Waals surface area contributed by atoms with E-state index in [2.05, 4.69) is 32.2 Å². The van der Waals surface area contributed by atoms with Crippen LogP contribution < -0.4 is 10.1 Å². The molecule has 0 saturated carbocycles. The summed E-state index contributed by atoms with van der Waals surface area (Å²) in [6.45, 7) is 6.85. The lowest BCUT2D eigenvalue weighted by atomic mass is 9.72. The fourth-order valence-electron chi connectivity index (χ4n) is 3.94. The van der Waals surface area contributed by atoms with Gasteiger partial charge in [0.25, 0.3) is 0 Å². The average Bonchev–Trinajstić information content (AvgIpc) is 3.13. The molecule has 6 nitrogen and oxygen atoms in total. The molecule has 2 aromatic rings. The Morgan fingerprint density at radius 1 is 1.31 bits per heavy atom. The van der Waals surface area contributed by atoms with Crippen molar-refractivity contribution >= 4 is 28.1 Å². The minimum absolute atomic E-state index is 0.115. The molecule has 1 atom stereocenters. The van der Waals surface area contributed by atoms with Crippen molar-refractivity contribution in [1.82, 2.24) is 0 Å². The number of carbonyl (C=O) groups excluding carboxylic acids is 2. The minimum atomic E-state index is -0.457. The van der Waals surface area contributed by atoms with Crippen LogP contribution in [-0.2, 0) is 22.4 Å². The molecule has 1 aromatic heterocycles. The van der Waals surface area contributed by atoms with Crippen molar-refractivity contribution in [3.63, 3.8) is 0 Å². The molecule has 0 aliphatic heterocycles. The zero-order valence-corrected chi connectivity index (χ0v) is 19.9. The second kappa shape index (κ2) is 10.2. The van der Waals surface area contributed by atoms with Gasteiger partial charge in [0.2, 0.25) is 0 Å². The summed E-state index contributed by atoms with van der Waals surface area (Å²) in [7, 11) is 1.53. The molecule has 1 N–H and O–H groups in total. The molecule has 7 heteroatoms. The molecule has 1 heterocycles. The summed E-state index contributed by atoms with van der Waals surface area (Å²) < 4.78 is 10.2. The topological polar surface area (TPSA) is 88.4 Å². The monoisotopic (exact) mass is 454 g/mol. The van der Waals surface area contributed by atoms with Gasteiger partial charge in [-0.3, -0.25) is 9.59 Å². The normalized spacial score (nSPS) is 15.4. The van der Waals surface area contributed by atoms with Gasteiger partial charge in [0, 0.05) is 17.0 Å². The standard InChI is InChI=1S/C25H30N2O4S/c1-25(2,3)17-8-9-19-20(14-26)24(32-22(19)13-17)27-11-10-23(29)31-15-21(28)16-6-5-7-18(12-16)30-4/h5-7,12,17,27H,8-11,13,15H2,1-4H3. The lowest BCUT2D eigenvalue weighted by Gasteiger charge is -2.33. The van der Waals surface area contributed by atoms with Crippen molar-refractivity contribution in [2.24, 2.45) is 11.3 Å². The maximum atomic E-state index is 12.2. The summed E-state index contributed by atoms with van der Waals surface area (Å²) in [6, 6.07) is 9.08. The zero-order valence-electron chi connectivity index (χ0n) is 19.1. The fourth-order valence-corrected chi connectivity index (χ4v) is 5.25. The molecule has 0 amide bonds. The molecule has 1 aliphatic rings. The number of nitrogens with one attached hydrogen (secondary N) is 1. The van der Waals surface area contributed by atoms with Crippen LogP contribution in [0.2, 0.25) is 0 Å². The van der Waals surface area contributed by atoms with Crippen molar-refractivity contribution in [2.75, 3.05) is 25.6 Å². The van der Waals surface area contributed by atoms with Gasteiger partial charge >= 0.3 is 5.97 Å². The number of hydrogen-bond donors (Lipinski definition) is 1. The molecule has 0 fully saturated rings. The number of carbonyl (C=O) groups is 2. The number of nitriles is 1.